The number of hydrogen-bond acceptors (Lipinski definition) is 3. The van der Waals surface area contributed by atoms with Crippen LogP contribution in [0.25, 0.3) is 10.8 Å². The normalized spacial score (nSPS) is 11.6. The van der Waals surface area contributed by atoms with Gasteiger partial charge in [-0.25, -0.2) is 12.7 Å². The van der Waals surface area contributed by atoms with Gasteiger partial charge in [0.15, 0.2) is 0 Å². The van der Waals surface area contributed by atoms with Gasteiger partial charge in [-0.2, -0.15) is 0 Å². The van der Waals surface area contributed by atoms with Crippen LogP contribution in [0, 0.1) is 0 Å². The van der Waals surface area contributed by atoms with Gasteiger partial charge in [-0.3, -0.25) is 4.79 Å². The highest BCUT2D eigenvalue weighted by Gasteiger charge is 2.17. The summed E-state index contributed by atoms with van der Waals surface area (Å²) in [6.45, 7) is 0. The molecule has 0 aromatic heterocycles. The highest BCUT2D eigenvalue weighted by Crippen LogP contribution is 2.20. The van der Waals surface area contributed by atoms with Crippen molar-refractivity contribution in [3.8, 4) is 0 Å². The van der Waals surface area contributed by atoms with E-state index in [2.05, 4.69) is 5.32 Å². The van der Waals surface area contributed by atoms with Crippen LogP contribution >= 0.6 is 0 Å². The number of sulfonamides is 1. The number of nitrogens with zero attached hydrogens (tertiary/aromatic N) is 1. The van der Waals surface area contributed by atoms with Crippen LogP contribution in [0.3, 0.4) is 0 Å². The molecule has 1 amide bonds. The largest absolute Gasteiger partial charge is 0.322 e. The molecule has 3 aromatic carbocycles. The minimum Gasteiger partial charge on any atom is -0.322 e. The second-order valence-electron chi connectivity index (χ2n) is 5.83. The SMILES string of the molecule is CN(C)S(=O)(=O)c1ccc(C(=O)Nc2ccc3ccccc3c2)cc1. The summed E-state index contributed by atoms with van der Waals surface area (Å²) in [4.78, 5) is 12.5. The van der Waals surface area contributed by atoms with Gasteiger partial charge >= 0.3 is 0 Å². The summed E-state index contributed by atoms with van der Waals surface area (Å²) in [6, 6.07) is 19.5. The predicted molar refractivity (Wildman–Crippen MR) is 99.2 cm³/mol. The zero-order valence-corrected chi connectivity index (χ0v) is 14.7. The second kappa shape index (κ2) is 6.66. The molecule has 25 heavy (non-hydrogen) atoms. The Kier molecular flexibility index (Phi) is 4.57. The molecule has 0 aliphatic rings. The van der Waals surface area contributed by atoms with Crippen LogP contribution in [0.4, 0.5) is 5.69 Å². The maximum Gasteiger partial charge on any atom is 0.255 e. The van der Waals surface area contributed by atoms with Crippen LogP contribution in [0.15, 0.2) is 71.6 Å². The maximum atomic E-state index is 12.4. The van der Waals surface area contributed by atoms with E-state index in [0.29, 0.717) is 11.3 Å². The fraction of sp³-hybridized carbons (Fsp3) is 0.105. The van der Waals surface area contributed by atoms with Crippen molar-refractivity contribution in [1.29, 1.82) is 0 Å². The molecular formula is C19H18N2O3S. The summed E-state index contributed by atoms with van der Waals surface area (Å²) in [5.74, 6) is -0.288. The maximum absolute atomic E-state index is 12.4. The minimum atomic E-state index is -3.50. The zero-order chi connectivity index (χ0) is 18.0. The fourth-order valence-electron chi connectivity index (χ4n) is 2.46. The average molecular weight is 354 g/mol. The summed E-state index contributed by atoms with van der Waals surface area (Å²) in [5, 5.41) is 4.96. The summed E-state index contributed by atoms with van der Waals surface area (Å²) in [5.41, 5.74) is 1.08. The molecule has 0 saturated heterocycles. The van der Waals surface area contributed by atoms with E-state index in [-0.39, 0.29) is 10.8 Å². The second-order valence-corrected chi connectivity index (χ2v) is 7.98. The summed E-state index contributed by atoms with van der Waals surface area (Å²) < 4.78 is 25.2. The van der Waals surface area contributed by atoms with Crippen LogP contribution in [0.1, 0.15) is 10.4 Å². The lowest BCUT2D eigenvalue weighted by Gasteiger charge is -2.12. The van der Waals surface area contributed by atoms with Gasteiger partial charge < -0.3 is 5.32 Å². The van der Waals surface area contributed by atoms with Crippen molar-refractivity contribution in [3.63, 3.8) is 0 Å². The van der Waals surface area contributed by atoms with E-state index in [0.717, 1.165) is 15.1 Å². The van der Waals surface area contributed by atoms with Crippen molar-refractivity contribution in [2.75, 3.05) is 19.4 Å². The molecule has 0 radical (unpaired) electrons. The molecule has 0 bridgehead atoms. The smallest absolute Gasteiger partial charge is 0.255 e. The van der Waals surface area contributed by atoms with Crippen molar-refractivity contribution in [2.24, 2.45) is 0 Å². The summed E-state index contributed by atoms with van der Waals surface area (Å²) in [7, 11) is -0.565. The van der Waals surface area contributed by atoms with Crippen LogP contribution < -0.4 is 5.32 Å². The Morgan fingerprint density at radius 2 is 1.52 bits per heavy atom. The third kappa shape index (κ3) is 3.55. The monoisotopic (exact) mass is 354 g/mol. The molecule has 3 rings (SSSR count). The number of anilines is 1. The summed E-state index contributed by atoms with van der Waals surface area (Å²) >= 11 is 0. The Morgan fingerprint density at radius 1 is 0.880 bits per heavy atom. The molecular weight excluding hydrogens is 336 g/mol. The molecule has 3 aromatic rings. The molecule has 0 unspecified atom stereocenters. The van der Waals surface area contributed by atoms with Gasteiger partial charge in [-0.15, -0.1) is 0 Å². The topological polar surface area (TPSA) is 66.5 Å². The van der Waals surface area contributed by atoms with E-state index in [9.17, 15) is 13.2 Å². The molecule has 1 N–H and O–H groups in total. The lowest BCUT2D eigenvalue weighted by atomic mass is 10.1. The van der Waals surface area contributed by atoms with Gasteiger partial charge in [0.25, 0.3) is 5.91 Å². The van der Waals surface area contributed by atoms with Gasteiger partial charge in [0.05, 0.1) is 4.90 Å². The van der Waals surface area contributed by atoms with Crippen molar-refractivity contribution < 1.29 is 13.2 Å². The van der Waals surface area contributed by atoms with Crippen molar-refractivity contribution in [3.05, 3.63) is 72.3 Å². The fourth-order valence-corrected chi connectivity index (χ4v) is 3.36. The Morgan fingerprint density at radius 3 is 2.16 bits per heavy atom. The molecule has 6 heteroatoms. The number of rotatable bonds is 4. The first-order valence-electron chi connectivity index (χ1n) is 7.71. The standard InChI is InChI=1S/C19H18N2O3S/c1-21(2)25(23,24)18-11-8-15(9-12-18)19(22)20-17-10-7-14-5-3-4-6-16(14)13-17/h3-13H,1-2H3,(H,20,22). The van der Waals surface area contributed by atoms with Gasteiger partial charge in [-0.1, -0.05) is 30.3 Å². The van der Waals surface area contributed by atoms with E-state index < -0.39 is 10.0 Å². The lowest BCUT2D eigenvalue weighted by Crippen LogP contribution is -2.22. The molecule has 128 valence electrons. The molecule has 0 aliphatic heterocycles. The van der Waals surface area contributed by atoms with Crippen molar-refractivity contribution in [1.82, 2.24) is 4.31 Å². The van der Waals surface area contributed by atoms with E-state index in [1.54, 1.807) is 0 Å². The number of fused-ring (bicyclic) bond motifs is 1. The van der Waals surface area contributed by atoms with Gasteiger partial charge in [0, 0.05) is 25.3 Å². The van der Waals surface area contributed by atoms with Crippen LogP contribution in [0.2, 0.25) is 0 Å². The van der Waals surface area contributed by atoms with E-state index in [1.165, 1.54) is 38.4 Å². The first-order valence-corrected chi connectivity index (χ1v) is 9.15. The Hall–Kier alpha value is -2.70. The molecule has 0 saturated carbocycles. The Balaban J connectivity index is 1.81. The number of carbonyl (C=O) groups excluding carboxylic acids is 1. The number of amides is 1. The van der Waals surface area contributed by atoms with Gasteiger partial charge in [0.2, 0.25) is 10.0 Å². The number of hydrogen-bond donors (Lipinski definition) is 1. The van der Waals surface area contributed by atoms with E-state index in [4.69, 9.17) is 0 Å². The zero-order valence-electron chi connectivity index (χ0n) is 13.9. The third-order valence-electron chi connectivity index (χ3n) is 3.90. The highest BCUT2D eigenvalue weighted by atomic mass is 32.2. The van der Waals surface area contributed by atoms with E-state index >= 15 is 0 Å². The molecule has 5 nitrogen and oxygen atoms in total. The summed E-state index contributed by atoms with van der Waals surface area (Å²) in [6.07, 6.45) is 0. The minimum absolute atomic E-state index is 0.153. The van der Waals surface area contributed by atoms with Crippen LogP contribution in [-0.2, 0) is 10.0 Å². The number of nitrogens with one attached hydrogen (secondary N) is 1. The van der Waals surface area contributed by atoms with Crippen molar-refractivity contribution in [2.45, 2.75) is 4.90 Å². The molecule has 0 heterocycles. The van der Waals surface area contributed by atoms with E-state index in [1.807, 2.05) is 42.5 Å². The first-order chi connectivity index (χ1) is 11.9. The highest BCUT2D eigenvalue weighted by molar-refractivity contribution is 7.89. The van der Waals surface area contributed by atoms with Crippen LogP contribution in [-0.4, -0.2) is 32.7 Å². The van der Waals surface area contributed by atoms with Crippen LogP contribution in [0.5, 0.6) is 0 Å². The quantitative estimate of drug-likeness (QED) is 0.781. The third-order valence-corrected chi connectivity index (χ3v) is 5.73. The Bertz CT molecular complexity index is 1030. The average Bonchev–Trinajstić information content (AvgIpc) is 2.61. The van der Waals surface area contributed by atoms with Gasteiger partial charge in [0.1, 0.15) is 0 Å². The number of benzene rings is 3. The molecule has 0 aliphatic carbocycles. The molecule has 0 fully saturated rings. The lowest BCUT2D eigenvalue weighted by molar-refractivity contribution is 0.102. The molecule has 0 atom stereocenters. The molecule has 0 spiro atoms. The number of carbonyl (C=O) groups is 1. The predicted octanol–water partition coefficient (Wildman–Crippen LogP) is 3.34. The Labute approximate surface area is 146 Å². The van der Waals surface area contributed by atoms with Crippen molar-refractivity contribution >= 4 is 32.4 Å². The first kappa shape index (κ1) is 17.1. The van der Waals surface area contributed by atoms with Gasteiger partial charge in [-0.05, 0) is 47.2 Å².